The summed E-state index contributed by atoms with van der Waals surface area (Å²) in [6.45, 7) is 1.97. The van der Waals surface area contributed by atoms with E-state index in [1.807, 2.05) is 55.5 Å². The topological polar surface area (TPSA) is 70.2 Å². The van der Waals surface area contributed by atoms with Crippen LogP contribution in [0.15, 0.2) is 72.8 Å². The van der Waals surface area contributed by atoms with Crippen molar-refractivity contribution in [3.05, 3.63) is 95.3 Å². The van der Waals surface area contributed by atoms with E-state index in [0.29, 0.717) is 18.5 Å². The SMILES string of the molecule is Cc1ccc2c(c1)[C@@]1(N[C@@H](Cc3ccccc3)C[C@@H]1C(=O)Nc1ccc(F)cc1)C(=O)N2. The Hall–Kier alpha value is -3.51. The quantitative estimate of drug-likeness (QED) is 0.584. The minimum Gasteiger partial charge on any atom is -0.326 e. The van der Waals surface area contributed by atoms with Crippen LogP contribution in [0.4, 0.5) is 15.8 Å². The Bertz CT molecular complexity index is 1180. The zero-order valence-corrected chi connectivity index (χ0v) is 17.7. The summed E-state index contributed by atoms with van der Waals surface area (Å²) in [5, 5.41) is 9.40. The number of halogens is 1. The lowest BCUT2D eigenvalue weighted by molar-refractivity contribution is -0.130. The van der Waals surface area contributed by atoms with Crippen LogP contribution in [0, 0.1) is 18.7 Å². The molecule has 162 valence electrons. The van der Waals surface area contributed by atoms with Crippen LogP contribution in [0.2, 0.25) is 0 Å². The maximum Gasteiger partial charge on any atom is 0.250 e. The van der Waals surface area contributed by atoms with E-state index in [-0.39, 0.29) is 23.7 Å². The standard InChI is InChI=1S/C26H24FN3O2/c1-16-7-12-23-21(13-16)26(25(32)29-23)22(24(31)28-19-10-8-18(27)9-11-19)15-20(30-26)14-17-5-3-2-4-6-17/h2-13,20,22,30H,14-15H2,1H3,(H,28,31)(H,29,32)/t20-,22+,26-/m0/s1. The highest BCUT2D eigenvalue weighted by atomic mass is 19.1. The molecule has 2 amide bonds. The normalized spacial score (nSPS) is 23.8. The van der Waals surface area contributed by atoms with Gasteiger partial charge in [0.2, 0.25) is 11.8 Å². The molecule has 1 spiro atoms. The van der Waals surface area contributed by atoms with Gasteiger partial charge in [-0.05, 0) is 55.7 Å². The van der Waals surface area contributed by atoms with E-state index in [2.05, 4.69) is 16.0 Å². The number of fused-ring (bicyclic) bond motifs is 2. The monoisotopic (exact) mass is 429 g/mol. The maximum absolute atomic E-state index is 13.5. The lowest BCUT2D eigenvalue weighted by Gasteiger charge is -2.29. The molecule has 32 heavy (non-hydrogen) atoms. The van der Waals surface area contributed by atoms with Gasteiger partial charge in [-0.25, -0.2) is 4.39 Å². The van der Waals surface area contributed by atoms with Crippen molar-refractivity contribution in [1.29, 1.82) is 0 Å². The van der Waals surface area contributed by atoms with E-state index in [4.69, 9.17) is 0 Å². The number of amides is 2. The van der Waals surface area contributed by atoms with Crippen molar-refractivity contribution in [3.8, 4) is 0 Å². The number of rotatable bonds is 4. The molecule has 3 N–H and O–H groups in total. The fourth-order valence-electron chi connectivity index (χ4n) is 4.97. The van der Waals surface area contributed by atoms with Gasteiger partial charge >= 0.3 is 0 Å². The van der Waals surface area contributed by atoms with E-state index in [1.165, 1.54) is 24.3 Å². The molecule has 6 heteroatoms. The Labute approximate surface area is 186 Å². The molecule has 3 aromatic carbocycles. The number of carbonyl (C=O) groups excluding carboxylic acids is 2. The largest absolute Gasteiger partial charge is 0.326 e. The summed E-state index contributed by atoms with van der Waals surface area (Å²) in [7, 11) is 0. The molecule has 0 unspecified atom stereocenters. The summed E-state index contributed by atoms with van der Waals surface area (Å²) in [5.74, 6) is -1.47. The van der Waals surface area contributed by atoms with Crippen LogP contribution in [0.1, 0.15) is 23.1 Å². The van der Waals surface area contributed by atoms with Crippen molar-refractivity contribution in [2.24, 2.45) is 5.92 Å². The third-order valence-corrected chi connectivity index (χ3v) is 6.43. The summed E-state index contributed by atoms with van der Waals surface area (Å²) < 4.78 is 13.3. The van der Waals surface area contributed by atoms with Crippen LogP contribution < -0.4 is 16.0 Å². The summed E-state index contributed by atoms with van der Waals surface area (Å²) in [6.07, 6.45) is 1.21. The number of nitrogens with one attached hydrogen (secondary N) is 3. The maximum atomic E-state index is 13.5. The minimum atomic E-state index is -1.15. The average Bonchev–Trinajstić information content (AvgIpc) is 3.29. The first-order valence-corrected chi connectivity index (χ1v) is 10.8. The number of hydrogen-bond donors (Lipinski definition) is 3. The van der Waals surface area contributed by atoms with Crippen molar-refractivity contribution >= 4 is 23.2 Å². The first-order valence-electron chi connectivity index (χ1n) is 10.8. The van der Waals surface area contributed by atoms with Crippen molar-refractivity contribution in [2.75, 3.05) is 10.6 Å². The van der Waals surface area contributed by atoms with Gasteiger partial charge in [0.15, 0.2) is 0 Å². The second-order valence-electron chi connectivity index (χ2n) is 8.63. The Morgan fingerprint density at radius 2 is 1.84 bits per heavy atom. The van der Waals surface area contributed by atoms with E-state index < -0.39 is 11.5 Å². The molecular weight excluding hydrogens is 405 g/mol. The van der Waals surface area contributed by atoms with Crippen molar-refractivity contribution < 1.29 is 14.0 Å². The molecule has 3 aromatic rings. The second kappa shape index (κ2) is 7.88. The van der Waals surface area contributed by atoms with Gasteiger partial charge in [0.1, 0.15) is 11.4 Å². The van der Waals surface area contributed by atoms with Crippen LogP contribution >= 0.6 is 0 Å². The zero-order chi connectivity index (χ0) is 22.3. The number of benzene rings is 3. The molecular formula is C26H24FN3O2. The Kier molecular flexibility index (Phi) is 5.02. The molecule has 2 aliphatic heterocycles. The van der Waals surface area contributed by atoms with Crippen molar-refractivity contribution in [2.45, 2.75) is 31.3 Å². The van der Waals surface area contributed by atoms with Gasteiger partial charge in [-0.15, -0.1) is 0 Å². The highest BCUT2D eigenvalue weighted by Gasteiger charge is 2.60. The molecule has 0 bridgehead atoms. The van der Waals surface area contributed by atoms with E-state index in [0.717, 1.165) is 22.4 Å². The molecule has 5 nitrogen and oxygen atoms in total. The van der Waals surface area contributed by atoms with E-state index >= 15 is 0 Å². The van der Waals surface area contributed by atoms with Gasteiger partial charge < -0.3 is 10.6 Å². The molecule has 0 radical (unpaired) electrons. The fraction of sp³-hybridized carbons (Fsp3) is 0.231. The van der Waals surface area contributed by atoms with Gasteiger partial charge in [-0.1, -0.05) is 48.0 Å². The van der Waals surface area contributed by atoms with Crippen LogP contribution in [0.25, 0.3) is 0 Å². The fourth-order valence-corrected chi connectivity index (χ4v) is 4.97. The zero-order valence-electron chi connectivity index (χ0n) is 17.7. The van der Waals surface area contributed by atoms with Crippen LogP contribution in [-0.2, 0) is 21.5 Å². The number of anilines is 2. The van der Waals surface area contributed by atoms with E-state index in [1.54, 1.807) is 0 Å². The third kappa shape index (κ3) is 3.46. The lowest BCUT2D eigenvalue weighted by atomic mass is 9.79. The first kappa shape index (κ1) is 20.4. The van der Waals surface area contributed by atoms with E-state index in [9.17, 15) is 14.0 Å². The number of carbonyl (C=O) groups is 2. The van der Waals surface area contributed by atoms with Crippen molar-refractivity contribution in [3.63, 3.8) is 0 Å². The first-order chi connectivity index (χ1) is 15.5. The molecule has 0 aromatic heterocycles. The highest BCUT2D eigenvalue weighted by Crippen LogP contribution is 2.48. The smallest absolute Gasteiger partial charge is 0.250 e. The molecule has 2 aliphatic rings. The van der Waals surface area contributed by atoms with Gasteiger partial charge in [0.25, 0.3) is 0 Å². The highest BCUT2D eigenvalue weighted by molar-refractivity contribution is 6.10. The summed E-state index contributed by atoms with van der Waals surface area (Å²) in [4.78, 5) is 26.8. The van der Waals surface area contributed by atoms with Crippen molar-refractivity contribution in [1.82, 2.24) is 5.32 Å². The third-order valence-electron chi connectivity index (χ3n) is 6.43. The molecule has 1 saturated heterocycles. The summed E-state index contributed by atoms with van der Waals surface area (Å²) in [5.41, 5.74) is 3.05. The summed E-state index contributed by atoms with van der Waals surface area (Å²) in [6, 6.07) is 21.4. The molecule has 1 fully saturated rings. The van der Waals surface area contributed by atoms with Crippen LogP contribution in [-0.4, -0.2) is 17.9 Å². The average molecular weight is 429 g/mol. The second-order valence-corrected chi connectivity index (χ2v) is 8.63. The van der Waals surface area contributed by atoms with Gasteiger partial charge in [0, 0.05) is 23.0 Å². The molecule has 0 aliphatic carbocycles. The predicted octanol–water partition coefficient (Wildman–Crippen LogP) is 4.14. The predicted molar refractivity (Wildman–Crippen MR) is 122 cm³/mol. The lowest BCUT2D eigenvalue weighted by Crippen LogP contribution is -2.52. The minimum absolute atomic E-state index is 0.0569. The Morgan fingerprint density at radius 3 is 2.59 bits per heavy atom. The number of hydrogen-bond acceptors (Lipinski definition) is 3. The Morgan fingerprint density at radius 1 is 1.09 bits per heavy atom. The molecule has 3 atom stereocenters. The molecule has 0 saturated carbocycles. The molecule has 2 heterocycles. The Balaban J connectivity index is 1.51. The molecule has 5 rings (SSSR count). The van der Waals surface area contributed by atoms with Crippen LogP contribution in [0.5, 0.6) is 0 Å². The summed E-state index contributed by atoms with van der Waals surface area (Å²) >= 11 is 0. The van der Waals surface area contributed by atoms with Gasteiger partial charge in [0.05, 0.1) is 5.92 Å². The number of aryl methyl sites for hydroxylation is 1. The van der Waals surface area contributed by atoms with Gasteiger partial charge in [-0.3, -0.25) is 14.9 Å². The van der Waals surface area contributed by atoms with Gasteiger partial charge in [-0.2, -0.15) is 0 Å². The van der Waals surface area contributed by atoms with Crippen LogP contribution in [0.3, 0.4) is 0 Å².